The van der Waals surface area contributed by atoms with E-state index in [1.165, 1.54) is 36.5 Å². The molecule has 0 saturated carbocycles. The number of phenolic OH excluding ortho intramolecular Hbond substituents is 1. The second-order valence-electron chi connectivity index (χ2n) is 22.6. The maximum atomic E-state index is 14.6. The van der Waals surface area contributed by atoms with Crippen molar-refractivity contribution < 1.29 is 97.6 Å². The number of unbranched alkanes of at least 4 members (excludes halogenated alkanes) is 3. The lowest BCUT2D eigenvalue weighted by Gasteiger charge is -2.33. The third-order valence-corrected chi connectivity index (χ3v) is 17.7. The molecule has 14 atom stereocenters. The predicted molar refractivity (Wildman–Crippen MR) is 323 cm³/mol. The summed E-state index contributed by atoms with van der Waals surface area (Å²) < 4.78 is 29.4. The number of aliphatic hydroxyl groups excluding tert-OH is 6. The van der Waals surface area contributed by atoms with E-state index in [2.05, 4.69) is 40.8 Å². The summed E-state index contributed by atoms with van der Waals surface area (Å²) in [6.07, 6.45) is -6.85. The maximum Gasteiger partial charge on any atom is 0.251 e. The van der Waals surface area contributed by atoms with E-state index in [-0.39, 0.29) is 17.7 Å². The Bertz CT molecular complexity index is 3460. The van der Waals surface area contributed by atoms with Crippen molar-refractivity contribution in [1.82, 2.24) is 51.0 Å². The third-order valence-electron chi connectivity index (χ3n) is 15.9. The summed E-state index contributed by atoms with van der Waals surface area (Å²) in [6.45, 7) is 8.85. The van der Waals surface area contributed by atoms with E-state index in [9.17, 15) is 73.5 Å². The van der Waals surface area contributed by atoms with Gasteiger partial charge in [-0.3, -0.25) is 33.6 Å². The molecule has 0 bridgehead atoms. The Morgan fingerprint density at radius 1 is 0.815 bits per heavy atom. The Kier molecular flexibility index (Phi) is 24.2. The molecule has 92 heavy (non-hydrogen) atoms. The number of rotatable bonds is 21. The molecule has 7 amide bonds. The number of ether oxygens (including phenoxy) is 2. The van der Waals surface area contributed by atoms with Crippen LogP contribution in [0.2, 0.25) is 0 Å². The van der Waals surface area contributed by atoms with Gasteiger partial charge in [0.2, 0.25) is 58.0 Å². The number of aromatic hydroxyl groups is 1. The highest BCUT2D eigenvalue weighted by Crippen LogP contribution is 2.31. The number of imidazole rings is 1. The first kappa shape index (κ1) is 69.8. The van der Waals surface area contributed by atoms with E-state index in [1.807, 2.05) is 24.3 Å². The van der Waals surface area contributed by atoms with Crippen LogP contribution in [0.15, 0.2) is 77.8 Å². The second kappa shape index (κ2) is 32.0. The normalized spacial score (nSPS) is 25.1. The van der Waals surface area contributed by atoms with Crippen LogP contribution in [0.3, 0.4) is 0 Å². The zero-order valence-electron chi connectivity index (χ0n) is 50.1. The van der Waals surface area contributed by atoms with Crippen molar-refractivity contribution in [3.63, 3.8) is 0 Å². The number of hydrogen-bond donors (Lipinski definition) is 13. The zero-order chi connectivity index (χ0) is 66.5. The van der Waals surface area contributed by atoms with Crippen LogP contribution in [0.4, 0.5) is 0 Å². The van der Waals surface area contributed by atoms with Crippen molar-refractivity contribution in [2.75, 3.05) is 46.5 Å². The molecule has 3 saturated heterocycles. The predicted octanol–water partition coefficient (Wildman–Crippen LogP) is -1.27. The number of hydrogen-bond acceptors (Lipinski definition) is 23. The van der Waals surface area contributed by atoms with Crippen molar-refractivity contribution in [1.29, 1.82) is 0 Å². The minimum atomic E-state index is -2.67. The first-order chi connectivity index (χ1) is 44.0. The van der Waals surface area contributed by atoms with Crippen LogP contribution in [0, 0.1) is 12.5 Å². The van der Waals surface area contributed by atoms with Gasteiger partial charge in [-0.25, -0.2) is 25.5 Å². The van der Waals surface area contributed by atoms with Gasteiger partial charge in [-0.2, -0.15) is 5.10 Å². The topological polar surface area (TPSA) is 436 Å². The molecule has 2 aromatic heterocycles. The van der Waals surface area contributed by atoms with E-state index in [0.717, 1.165) is 72.5 Å². The number of amides is 7. The lowest BCUT2D eigenvalue weighted by Crippen LogP contribution is -2.64. The number of nitrogens with one attached hydrogen (secondary N) is 5. The smallest absolute Gasteiger partial charge is 0.251 e. The number of phenols is 1. The second-order valence-corrected chi connectivity index (χ2v) is 24.6. The molecule has 3 aromatic carbocycles. The van der Waals surface area contributed by atoms with Gasteiger partial charge in [-0.15, -0.1) is 0 Å². The minimum Gasteiger partial charge on any atom is -0.507 e. The van der Waals surface area contributed by atoms with Crippen molar-refractivity contribution in [3.05, 3.63) is 95.5 Å². The Balaban J connectivity index is 1.05. The molecule has 5 heterocycles. The monoisotopic (exact) mass is 1320 g/mol. The van der Waals surface area contributed by atoms with Crippen molar-refractivity contribution >= 4 is 68.7 Å². The average molecular weight is 1320 g/mol. The Morgan fingerprint density at radius 2 is 1.49 bits per heavy atom. The van der Waals surface area contributed by atoms with Crippen LogP contribution in [0.5, 0.6) is 11.5 Å². The number of fused-ring (bicyclic) bond motifs is 3. The quantitative estimate of drug-likeness (QED) is 0.0176. The lowest BCUT2D eigenvalue weighted by molar-refractivity contribution is -0.435. The number of aliphatic hydroxyl groups is 6. The van der Waals surface area contributed by atoms with E-state index in [4.69, 9.17) is 31.4 Å². The fourth-order valence-electron chi connectivity index (χ4n) is 10.9. The zero-order valence-corrected chi connectivity index (χ0v) is 51.7. The molecule has 8 unspecified atom stereocenters. The highest BCUT2D eigenvalue weighted by Gasteiger charge is 2.50. The van der Waals surface area contributed by atoms with Crippen LogP contribution in [0.1, 0.15) is 68.3 Å². The van der Waals surface area contributed by atoms with Crippen molar-refractivity contribution in [2.45, 2.75) is 137 Å². The minimum absolute atomic E-state index is 0.00278. The Morgan fingerprint density at radius 3 is 2.16 bits per heavy atom. The number of benzene rings is 3. The highest BCUT2D eigenvalue weighted by molar-refractivity contribution is 7.80. The van der Waals surface area contributed by atoms with Gasteiger partial charge in [-0.1, -0.05) is 52.3 Å². The van der Waals surface area contributed by atoms with Gasteiger partial charge in [0.1, 0.15) is 57.7 Å². The number of carbonyl (C=O) groups excluding carboxylic acids is 7. The molecule has 8 rings (SSSR count). The van der Waals surface area contributed by atoms with Gasteiger partial charge >= 0.3 is 0 Å². The van der Waals surface area contributed by atoms with Crippen LogP contribution >= 0.6 is 11.3 Å². The fraction of sp³-hybridized carbons (Fsp3) is 0.492. The summed E-state index contributed by atoms with van der Waals surface area (Å²) in [5.74, 6) is -8.94. The summed E-state index contributed by atoms with van der Waals surface area (Å²) in [6, 6.07) is 5.25. The molecular formula is C59H73N11O20S2. The van der Waals surface area contributed by atoms with Crippen LogP contribution in [0.25, 0.3) is 31.6 Å². The van der Waals surface area contributed by atoms with Crippen LogP contribution < -0.4 is 31.3 Å². The van der Waals surface area contributed by atoms with E-state index >= 15 is 0 Å². The molecule has 0 spiro atoms. The maximum absolute atomic E-state index is 14.6. The number of β-amino-alcohol motifs (C(OH)–C–C–N with tert-alkyl or cyclic N) is 1. The van der Waals surface area contributed by atoms with Gasteiger partial charge in [0, 0.05) is 75.2 Å². The van der Waals surface area contributed by atoms with Crippen molar-refractivity contribution in [3.8, 4) is 33.3 Å². The molecule has 5 aromatic rings. The SMILES string of the molecule is [C-]#[N+]C[C@@H](O)[C@@H]1NC(=O)C([C@H](O)Cc2ccc(O)c(S(=O)OOO)c2)NC(=O)C2CC(O)CN2C(=O)C(C(C)O)NC(=O)[C@@H](NC(=O)c2ccc(-c3cn4nc(-c5ccc(OCCCCCCOC)cc5)sc4n3)cc2)C[C@H](O)CNC(=O)C2[C@@H](O)C(C)CN2C1=O. The van der Waals surface area contributed by atoms with E-state index in [1.54, 1.807) is 30.0 Å². The molecular weight excluding hydrogens is 1250 g/mol. The summed E-state index contributed by atoms with van der Waals surface area (Å²) in [4.78, 5) is 111. The molecule has 3 fully saturated rings. The molecule has 0 aliphatic carbocycles. The molecule has 0 radical (unpaired) electrons. The van der Waals surface area contributed by atoms with Gasteiger partial charge in [-0.05, 0) is 80.3 Å². The van der Waals surface area contributed by atoms with Gasteiger partial charge in [0.05, 0.1) is 49.0 Å². The Labute approximate surface area is 533 Å². The van der Waals surface area contributed by atoms with E-state index in [0.29, 0.717) is 27.8 Å². The molecule has 3 aliphatic rings. The fourth-order valence-corrected chi connectivity index (χ4v) is 12.4. The number of nitrogens with zero attached hydrogens (tertiary/aromatic N) is 6. The number of carbonyl (C=O) groups is 7. The number of methoxy groups -OCH3 is 1. The van der Waals surface area contributed by atoms with E-state index < -0.39 is 181 Å². The van der Waals surface area contributed by atoms with Gasteiger partial charge < -0.3 is 86.4 Å². The Hall–Kier alpha value is -8.11. The third kappa shape index (κ3) is 17.1. The first-order valence-electron chi connectivity index (χ1n) is 29.4. The lowest BCUT2D eigenvalue weighted by atomic mass is 9.99. The van der Waals surface area contributed by atoms with Crippen LogP contribution in [-0.2, 0) is 60.4 Å². The molecule has 33 heteroatoms. The molecule has 3 aliphatic heterocycles. The first-order valence-corrected chi connectivity index (χ1v) is 31.3. The summed E-state index contributed by atoms with van der Waals surface area (Å²) in [5, 5.41) is 108. The summed E-state index contributed by atoms with van der Waals surface area (Å²) in [5.41, 5.74) is 1.94. The van der Waals surface area contributed by atoms with Gasteiger partial charge in [0.25, 0.3) is 5.91 Å². The number of aromatic nitrogens is 3. The largest absolute Gasteiger partial charge is 0.507 e. The molecule has 496 valence electrons. The molecule has 31 nitrogen and oxygen atoms in total. The molecule has 13 N–H and O–H groups in total. The van der Waals surface area contributed by atoms with Gasteiger partial charge in [0.15, 0.2) is 6.10 Å². The highest BCUT2D eigenvalue weighted by atomic mass is 32.2. The van der Waals surface area contributed by atoms with Crippen LogP contribution in [-0.4, -0.2) is 230 Å². The standard InChI is InChI=1S/C59H73N11O20S2/c1-30-27-69-49(50(30)77)55(82)61-25-36(72)23-39(62-51(78)34-12-10-33(11-13-34)40-29-70-59(63-40)91-56(67-70)35-14-16-38(17-15-35)88-20-8-6-5-7-19-87-4)52(79)64-46(31(2)71)57(83)68-28-37(73)24-41(68)53(80)65-47(54(81)66-48(58(69)84)44(76)26-60-3)43(75)21-32-9-18-42(74)45(22-32)92(86)90-89-85/h9-18,22,29-31,36-37,39,41,43-44,46-50,71-77,85H,5-8,19-21,23-28H2,1-2,4H3,(H,61,82)(H,62,78)(H,64,79)(H,65,80)(H,66,81)/t30?,31?,36-,37?,39-,41?,43+,44+,46?,47?,48-,49?,50-,92?/m0/s1. The van der Waals surface area contributed by atoms with Crippen molar-refractivity contribution in [2.24, 2.45) is 5.92 Å². The average Bonchev–Trinajstić information content (AvgIpc) is 1.63. The summed E-state index contributed by atoms with van der Waals surface area (Å²) in [7, 11) is 1.69. The summed E-state index contributed by atoms with van der Waals surface area (Å²) >= 11 is -1.32.